The van der Waals surface area contributed by atoms with Crippen molar-refractivity contribution in [2.75, 3.05) is 0 Å². The van der Waals surface area contributed by atoms with E-state index >= 15 is 0 Å². The number of hydrogen-bond acceptors (Lipinski definition) is 3. The first-order valence-corrected chi connectivity index (χ1v) is 6.47. The minimum absolute atomic E-state index is 0.191. The molecule has 0 saturated heterocycles. The molecule has 6 heteroatoms. The molecule has 0 aliphatic rings. The summed E-state index contributed by atoms with van der Waals surface area (Å²) in [6.45, 7) is 4.17. The number of hydrogen-bond donors (Lipinski definition) is 1. The van der Waals surface area contributed by atoms with Gasteiger partial charge in [-0.2, -0.15) is 0 Å². The van der Waals surface area contributed by atoms with Gasteiger partial charge in [-0.05, 0) is 18.2 Å². The summed E-state index contributed by atoms with van der Waals surface area (Å²) in [6, 6.07) is 4.48. The van der Waals surface area contributed by atoms with Gasteiger partial charge in [0.05, 0.1) is 0 Å². The quantitative estimate of drug-likeness (QED) is 0.911. The molecule has 0 atom stereocenters. The summed E-state index contributed by atoms with van der Waals surface area (Å²) in [7, 11) is 0. The molecule has 1 heterocycles. The van der Waals surface area contributed by atoms with Crippen LogP contribution in [0.1, 0.15) is 19.4 Å². The number of halogens is 3. The first-order valence-electron chi connectivity index (χ1n) is 6.47. The monoisotopic (exact) mass is 296 g/mol. The minimum atomic E-state index is -0.915. The van der Waals surface area contributed by atoms with Crippen molar-refractivity contribution in [2.45, 2.75) is 26.4 Å². The van der Waals surface area contributed by atoms with Crippen molar-refractivity contribution >= 4 is 0 Å². The molecule has 1 aromatic carbocycles. The summed E-state index contributed by atoms with van der Waals surface area (Å²) in [5, 5.41) is 3.07. The van der Waals surface area contributed by atoms with E-state index < -0.39 is 17.5 Å². The molecule has 1 N–H and O–H groups in total. The molecule has 3 nitrogen and oxygen atoms in total. The molecule has 0 unspecified atom stereocenters. The van der Waals surface area contributed by atoms with Crippen LogP contribution in [0.2, 0.25) is 0 Å². The van der Waals surface area contributed by atoms with Gasteiger partial charge in [0, 0.05) is 30.4 Å². The van der Waals surface area contributed by atoms with Crippen LogP contribution in [0.15, 0.2) is 30.5 Å². The van der Waals surface area contributed by atoms with Gasteiger partial charge in [-0.3, -0.25) is 0 Å². The van der Waals surface area contributed by atoms with Crippen LogP contribution in [0.5, 0.6) is 11.6 Å². The lowest BCUT2D eigenvalue weighted by Gasteiger charge is -2.11. The van der Waals surface area contributed by atoms with Gasteiger partial charge >= 0.3 is 0 Å². The highest BCUT2D eigenvalue weighted by molar-refractivity contribution is 5.31. The van der Waals surface area contributed by atoms with E-state index in [2.05, 4.69) is 10.3 Å². The summed E-state index contributed by atoms with van der Waals surface area (Å²) in [6.07, 6.45) is 1.37. The standard InChI is InChI=1S/C15H15F3N2O/c1-9(2)20-8-10-5-6-19-15(14(10)18)21-13-4-3-11(16)7-12(13)17/h3-7,9,20H,8H2,1-2H3. The van der Waals surface area contributed by atoms with Gasteiger partial charge in [0.1, 0.15) is 5.82 Å². The fourth-order valence-corrected chi connectivity index (χ4v) is 1.65. The lowest BCUT2D eigenvalue weighted by atomic mass is 10.2. The number of pyridine rings is 1. The molecule has 0 radical (unpaired) electrons. The minimum Gasteiger partial charge on any atom is -0.433 e. The molecule has 0 aliphatic carbocycles. The van der Waals surface area contributed by atoms with Gasteiger partial charge in [-0.1, -0.05) is 13.8 Å². The summed E-state index contributed by atoms with van der Waals surface area (Å²) < 4.78 is 45.6. The van der Waals surface area contributed by atoms with Gasteiger partial charge in [0.25, 0.3) is 5.88 Å². The zero-order chi connectivity index (χ0) is 15.4. The summed E-state index contributed by atoms with van der Waals surface area (Å²) in [5.41, 5.74) is 0.358. The number of benzene rings is 1. The maximum absolute atomic E-state index is 14.2. The number of aromatic nitrogens is 1. The molecule has 0 saturated carbocycles. The Bertz CT molecular complexity index is 632. The number of ether oxygens (including phenoxy) is 1. The highest BCUT2D eigenvalue weighted by atomic mass is 19.1. The molecule has 112 valence electrons. The van der Waals surface area contributed by atoms with Gasteiger partial charge in [-0.15, -0.1) is 0 Å². The van der Waals surface area contributed by atoms with Crippen LogP contribution in [-0.4, -0.2) is 11.0 Å². The van der Waals surface area contributed by atoms with Crippen molar-refractivity contribution in [2.24, 2.45) is 0 Å². The second-order valence-corrected chi connectivity index (χ2v) is 4.80. The Balaban J connectivity index is 2.22. The lowest BCUT2D eigenvalue weighted by molar-refractivity contribution is 0.392. The third-order valence-electron chi connectivity index (χ3n) is 2.74. The Morgan fingerprint density at radius 3 is 2.62 bits per heavy atom. The van der Waals surface area contributed by atoms with Crippen LogP contribution in [0, 0.1) is 17.5 Å². The van der Waals surface area contributed by atoms with Crippen LogP contribution in [0.4, 0.5) is 13.2 Å². The summed E-state index contributed by atoms with van der Waals surface area (Å²) in [4.78, 5) is 3.74. The van der Waals surface area contributed by atoms with Gasteiger partial charge in [0.15, 0.2) is 17.4 Å². The highest BCUT2D eigenvalue weighted by Gasteiger charge is 2.14. The van der Waals surface area contributed by atoms with Crippen molar-refractivity contribution < 1.29 is 17.9 Å². The van der Waals surface area contributed by atoms with Crippen molar-refractivity contribution in [3.8, 4) is 11.6 Å². The second-order valence-electron chi connectivity index (χ2n) is 4.80. The van der Waals surface area contributed by atoms with E-state index in [9.17, 15) is 13.2 Å². The van der Waals surface area contributed by atoms with E-state index in [0.717, 1.165) is 12.1 Å². The predicted molar refractivity (Wildman–Crippen MR) is 72.6 cm³/mol. The molecule has 0 fully saturated rings. The smallest absolute Gasteiger partial charge is 0.256 e. The Morgan fingerprint density at radius 1 is 1.19 bits per heavy atom. The van der Waals surface area contributed by atoms with Crippen molar-refractivity contribution in [1.82, 2.24) is 10.3 Å². The fraction of sp³-hybridized carbons (Fsp3) is 0.267. The second kappa shape index (κ2) is 6.58. The molecule has 2 aromatic rings. The van der Waals surface area contributed by atoms with Crippen LogP contribution < -0.4 is 10.1 Å². The van der Waals surface area contributed by atoms with Crippen molar-refractivity contribution in [3.05, 3.63) is 53.5 Å². The first-order chi connectivity index (χ1) is 9.97. The molecule has 0 spiro atoms. The van der Waals surface area contributed by atoms with Crippen LogP contribution >= 0.6 is 0 Å². The molecule has 2 rings (SSSR count). The Hall–Kier alpha value is -2.08. The third-order valence-corrected chi connectivity index (χ3v) is 2.74. The molecule has 21 heavy (non-hydrogen) atoms. The van der Waals surface area contributed by atoms with Gasteiger partial charge in [-0.25, -0.2) is 18.2 Å². The molecule has 1 aromatic heterocycles. The Morgan fingerprint density at radius 2 is 1.95 bits per heavy atom. The van der Waals surface area contributed by atoms with Crippen LogP contribution in [0.3, 0.4) is 0 Å². The van der Waals surface area contributed by atoms with Crippen LogP contribution in [-0.2, 0) is 6.54 Å². The lowest BCUT2D eigenvalue weighted by Crippen LogP contribution is -2.22. The Kier molecular flexibility index (Phi) is 4.80. The van der Waals surface area contributed by atoms with Gasteiger partial charge in [0.2, 0.25) is 0 Å². The number of nitrogens with one attached hydrogen (secondary N) is 1. The average Bonchev–Trinajstić information content (AvgIpc) is 2.42. The van der Waals surface area contributed by atoms with Crippen molar-refractivity contribution in [1.29, 1.82) is 0 Å². The topological polar surface area (TPSA) is 34.2 Å². The fourth-order valence-electron chi connectivity index (χ4n) is 1.65. The maximum Gasteiger partial charge on any atom is 0.256 e. The molecule has 0 aliphatic heterocycles. The summed E-state index contributed by atoms with van der Waals surface area (Å²) in [5.74, 6) is -2.94. The average molecular weight is 296 g/mol. The van der Waals surface area contributed by atoms with E-state index in [4.69, 9.17) is 4.74 Å². The predicted octanol–water partition coefficient (Wildman–Crippen LogP) is 3.79. The Labute approximate surface area is 120 Å². The molecular formula is C15H15F3N2O. The molecular weight excluding hydrogens is 281 g/mol. The SMILES string of the molecule is CC(C)NCc1ccnc(Oc2ccc(F)cc2F)c1F. The van der Waals surface area contributed by atoms with Crippen molar-refractivity contribution in [3.63, 3.8) is 0 Å². The third kappa shape index (κ3) is 3.95. The zero-order valence-electron chi connectivity index (χ0n) is 11.7. The van der Waals surface area contributed by atoms with Crippen LogP contribution in [0.25, 0.3) is 0 Å². The van der Waals surface area contributed by atoms with E-state index in [0.29, 0.717) is 18.2 Å². The first kappa shape index (κ1) is 15.3. The molecule has 0 amide bonds. The number of nitrogens with zero attached hydrogens (tertiary/aromatic N) is 1. The van der Waals surface area contributed by atoms with E-state index in [-0.39, 0.29) is 17.7 Å². The summed E-state index contributed by atoms with van der Waals surface area (Å²) >= 11 is 0. The largest absolute Gasteiger partial charge is 0.433 e. The molecule has 0 bridgehead atoms. The number of rotatable bonds is 5. The normalized spacial score (nSPS) is 11.0. The van der Waals surface area contributed by atoms with E-state index in [1.165, 1.54) is 12.3 Å². The highest BCUT2D eigenvalue weighted by Crippen LogP contribution is 2.26. The van der Waals surface area contributed by atoms with Gasteiger partial charge < -0.3 is 10.1 Å². The van der Waals surface area contributed by atoms with E-state index in [1.807, 2.05) is 13.8 Å². The zero-order valence-corrected chi connectivity index (χ0v) is 11.7. The van der Waals surface area contributed by atoms with E-state index in [1.54, 1.807) is 0 Å². The maximum atomic E-state index is 14.2.